The van der Waals surface area contributed by atoms with Crippen LogP contribution in [-0.4, -0.2) is 4.92 Å². The molecule has 2 rings (SSSR count). The van der Waals surface area contributed by atoms with Crippen LogP contribution in [0.15, 0.2) is 40.9 Å². The first kappa shape index (κ1) is 15.9. The molecule has 0 aliphatic carbocycles. The fourth-order valence-corrected chi connectivity index (χ4v) is 2.48. The second-order valence-corrected chi connectivity index (χ2v) is 5.71. The van der Waals surface area contributed by atoms with Crippen LogP contribution in [0.25, 0.3) is 0 Å². The van der Waals surface area contributed by atoms with E-state index < -0.39 is 10.7 Å². The molecule has 0 saturated heterocycles. The summed E-state index contributed by atoms with van der Waals surface area (Å²) >= 11 is 8.99. The largest absolute Gasteiger partial charge is 0.308 e. The average molecular weight is 374 g/mol. The van der Waals surface area contributed by atoms with Gasteiger partial charge in [0.15, 0.2) is 0 Å². The molecule has 0 aromatic heterocycles. The number of rotatable bonds is 5. The topological polar surface area (TPSA) is 55.2 Å². The highest BCUT2D eigenvalue weighted by Crippen LogP contribution is 2.23. The first-order valence-electron chi connectivity index (χ1n) is 6.05. The number of halogens is 3. The van der Waals surface area contributed by atoms with Gasteiger partial charge in [-0.05, 0) is 29.8 Å². The number of nitrogens with one attached hydrogen (secondary N) is 1. The number of hydrogen-bond donors (Lipinski definition) is 1. The van der Waals surface area contributed by atoms with Gasteiger partial charge in [0.1, 0.15) is 5.82 Å². The van der Waals surface area contributed by atoms with E-state index in [-0.39, 0.29) is 10.7 Å². The van der Waals surface area contributed by atoms with E-state index in [0.717, 1.165) is 10.0 Å². The second-order valence-electron chi connectivity index (χ2n) is 4.38. The van der Waals surface area contributed by atoms with Crippen molar-refractivity contribution in [2.45, 2.75) is 13.1 Å². The number of nitro groups is 1. The highest BCUT2D eigenvalue weighted by Gasteiger charge is 2.13. The van der Waals surface area contributed by atoms with Crippen LogP contribution < -0.4 is 5.32 Å². The lowest BCUT2D eigenvalue weighted by molar-refractivity contribution is -0.385. The SMILES string of the molecule is O=[N+]([O-])c1ccc(Br)cc1CNCc1ccc(F)c(Cl)c1. The molecule has 7 heteroatoms. The summed E-state index contributed by atoms with van der Waals surface area (Å²) in [4.78, 5) is 10.5. The van der Waals surface area contributed by atoms with Crippen molar-refractivity contribution in [1.82, 2.24) is 5.32 Å². The van der Waals surface area contributed by atoms with E-state index in [4.69, 9.17) is 11.6 Å². The zero-order valence-corrected chi connectivity index (χ0v) is 13.1. The van der Waals surface area contributed by atoms with E-state index >= 15 is 0 Å². The van der Waals surface area contributed by atoms with Gasteiger partial charge in [-0.15, -0.1) is 0 Å². The maximum absolute atomic E-state index is 13.0. The van der Waals surface area contributed by atoms with Gasteiger partial charge < -0.3 is 5.32 Å². The molecule has 4 nitrogen and oxygen atoms in total. The summed E-state index contributed by atoms with van der Waals surface area (Å²) in [5, 5.41) is 14.1. The molecule has 0 spiro atoms. The van der Waals surface area contributed by atoms with Crippen LogP contribution in [0.4, 0.5) is 10.1 Å². The van der Waals surface area contributed by atoms with Gasteiger partial charge in [-0.2, -0.15) is 0 Å². The van der Waals surface area contributed by atoms with Gasteiger partial charge in [0.05, 0.1) is 9.95 Å². The standard InChI is InChI=1S/C14H11BrClFN2O2/c15-11-2-4-14(19(20)21)10(6-11)8-18-7-9-1-3-13(17)12(16)5-9/h1-6,18H,7-8H2. The third-order valence-electron chi connectivity index (χ3n) is 2.87. The first-order chi connectivity index (χ1) is 9.97. The Morgan fingerprint density at radius 3 is 2.67 bits per heavy atom. The Morgan fingerprint density at radius 2 is 2.00 bits per heavy atom. The van der Waals surface area contributed by atoms with E-state index in [2.05, 4.69) is 21.2 Å². The molecule has 1 N–H and O–H groups in total. The van der Waals surface area contributed by atoms with Crippen molar-refractivity contribution >= 4 is 33.2 Å². The Hall–Kier alpha value is -1.50. The zero-order chi connectivity index (χ0) is 15.4. The summed E-state index contributed by atoms with van der Waals surface area (Å²) < 4.78 is 13.8. The smallest absolute Gasteiger partial charge is 0.273 e. The molecule has 0 radical (unpaired) electrons. The second kappa shape index (κ2) is 6.98. The molecule has 0 aliphatic rings. The number of nitro benzene ring substituents is 1. The fourth-order valence-electron chi connectivity index (χ4n) is 1.86. The van der Waals surface area contributed by atoms with Crippen LogP contribution in [0.2, 0.25) is 5.02 Å². The molecule has 0 atom stereocenters. The minimum atomic E-state index is -0.469. The minimum Gasteiger partial charge on any atom is -0.308 e. The molecule has 2 aromatic rings. The van der Waals surface area contributed by atoms with Crippen molar-refractivity contribution in [1.29, 1.82) is 0 Å². The third-order valence-corrected chi connectivity index (χ3v) is 3.65. The van der Waals surface area contributed by atoms with Crippen molar-refractivity contribution < 1.29 is 9.31 Å². The minimum absolute atomic E-state index is 0.0581. The van der Waals surface area contributed by atoms with Gasteiger partial charge in [0.25, 0.3) is 5.69 Å². The summed E-state index contributed by atoms with van der Waals surface area (Å²) in [6, 6.07) is 9.21. The predicted molar refractivity (Wildman–Crippen MR) is 82.8 cm³/mol. The van der Waals surface area contributed by atoms with Crippen molar-refractivity contribution in [3.05, 3.63) is 73.0 Å². The lowest BCUT2D eigenvalue weighted by atomic mass is 10.1. The normalized spacial score (nSPS) is 10.6. The average Bonchev–Trinajstić information content (AvgIpc) is 2.42. The monoisotopic (exact) mass is 372 g/mol. The van der Waals surface area contributed by atoms with Gasteiger partial charge in [-0.3, -0.25) is 10.1 Å². The Balaban J connectivity index is 2.04. The molecule has 0 unspecified atom stereocenters. The summed E-state index contributed by atoms with van der Waals surface area (Å²) in [7, 11) is 0. The molecule has 0 saturated carbocycles. The zero-order valence-electron chi connectivity index (χ0n) is 10.8. The van der Waals surface area contributed by atoms with Gasteiger partial charge >= 0.3 is 0 Å². The summed E-state index contributed by atoms with van der Waals surface area (Å²) in [5.74, 6) is -0.469. The summed E-state index contributed by atoms with van der Waals surface area (Å²) in [5.41, 5.74) is 1.43. The predicted octanol–water partition coefficient (Wildman–Crippen LogP) is 4.44. The van der Waals surface area contributed by atoms with E-state index in [9.17, 15) is 14.5 Å². The van der Waals surface area contributed by atoms with E-state index in [0.29, 0.717) is 18.7 Å². The molecular formula is C14H11BrClFN2O2. The van der Waals surface area contributed by atoms with E-state index in [1.165, 1.54) is 18.2 Å². The first-order valence-corrected chi connectivity index (χ1v) is 7.22. The van der Waals surface area contributed by atoms with Crippen molar-refractivity contribution in [2.24, 2.45) is 0 Å². The molecule has 0 heterocycles. The maximum Gasteiger partial charge on any atom is 0.273 e. The lowest BCUT2D eigenvalue weighted by Gasteiger charge is -2.07. The molecular weight excluding hydrogens is 363 g/mol. The van der Waals surface area contributed by atoms with Crippen molar-refractivity contribution in [2.75, 3.05) is 0 Å². The van der Waals surface area contributed by atoms with Crippen LogP contribution in [0, 0.1) is 15.9 Å². The lowest BCUT2D eigenvalue weighted by Crippen LogP contribution is -2.14. The molecule has 110 valence electrons. The van der Waals surface area contributed by atoms with Gasteiger partial charge in [0.2, 0.25) is 0 Å². The van der Waals surface area contributed by atoms with Crippen LogP contribution in [-0.2, 0) is 13.1 Å². The van der Waals surface area contributed by atoms with Crippen molar-refractivity contribution in [3.8, 4) is 0 Å². The number of benzene rings is 2. The van der Waals surface area contributed by atoms with Crippen LogP contribution in [0.1, 0.15) is 11.1 Å². The van der Waals surface area contributed by atoms with Gasteiger partial charge in [0, 0.05) is 29.2 Å². The molecule has 0 amide bonds. The Kier molecular flexibility index (Phi) is 5.27. The Labute approximate surface area is 134 Å². The van der Waals surface area contributed by atoms with E-state index in [1.54, 1.807) is 18.2 Å². The van der Waals surface area contributed by atoms with E-state index in [1.807, 2.05) is 0 Å². The van der Waals surface area contributed by atoms with Crippen LogP contribution in [0.5, 0.6) is 0 Å². The van der Waals surface area contributed by atoms with Gasteiger partial charge in [-0.25, -0.2) is 4.39 Å². The quantitative estimate of drug-likeness (QED) is 0.623. The van der Waals surface area contributed by atoms with Gasteiger partial charge in [-0.1, -0.05) is 33.6 Å². The molecule has 0 bridgehead atoms. The van der Waals surface area contributed by atoms with Crippen LogP contribution >= 0.6 is 27.5 Å². The Morgan fingerprint density at radius 1 is 1.24 bits per heavy atom. The molecule has 2 aromatic carbocycles. The number of hydrogen-bond acceptors (Lipinski definition) is 3. The highest BCUT2D eigenvalue weighted by atomic mass is 79.9. The Bertz CT molecular complexity index is 682. The third kappa shape index (κ3) is 4.23. The number of nitrogens with zero attached hydrogens (tertiary/aromatic N) is 1. The fraction of sp³-hybridized carbons (Fsp3) is 0.143. The van der Waals surface area contributed by atoms with Crippen molar-refractivity contribution in [3.63, 3.8) is 0 Å². The highest BCUT2D eigenvalue weighted by molar-refractivity contribution is 9.10. The maximum atomic E-state index is 13.0. The molecule has 0 fully saturated rings. The summed E-state index contributed by atoms with van der Waals surface area (Å²) in [6.45, 7) is 0.758. The van der Waals surface area contributed by atoms with Crippen LogP contribution in [0.3, 0.4) is 0 Å². The molecule has 21 heavy (non-hydrogen) atoms. The summed E-state index contributed by atoms with van der Waals surface area (Å²) in [6.07, 6.45) is 0. The molecule has 0 aliphatic heterocycles.